The molecule has 0 bridgehead atoms. The molecule has 6 nitrogen and oxygen atoms in total. The minimum absolute atomic E-state index is 0.0248. The van der Waals surface area contributed by atoms with Crippen LogP contribution in [0.5, 0.6) is 0 Å². The lowest BCUT2D eigenvalue weighted by molar-refractivity contribution is -0.127. The molecule has 1 unspecified atom stereocenters. The van der Waals surface area contributed by atoms with Gasteiger partial charge in [0.2, 0.25) is 5.91 Å². The van der Waals surface area contributed by atoms with E-state index in [4.69, 9.17) is 16.3 Å². The van der Waals surface area contributed by atoms with Crippen molar-refractivity contribution < 1.29 is 23.5 Å². The molecular formula is C20H18ClFN2O4. The first-order valence-corrected chi connectivity index (χ1v) is 9.07. The summed E-state index contributed by atoms with van der Waals surface area (Å²) in [7, 11) is 0. The van der Waals surface area contributed by atoms with E-state index >= 15 is 0 Å². The Morgan fingerprint density at radius 1 is 1.21 bits per heavy atom. The quantitative estimate of drug-likeness (QED) is 0.768. The van der Waals surface area contributed by atoms with Gasteiger partial charge in [-0.3, -0.25) is 9.59 Å². The third-order valence-electron chi connectivity index (χ3n) is 4.37. The Morgan fingerprint density at radius 2 is 1.96 bits per heavy atom. The van der Waals surface area contributed by atoms with Crippen LogP contribution in [0.15, 0.2) is 48.5 Å². The number of benzene rings is 2. The van der Waals surface area contributed by atoms with Crippen molar-refractivity contribution >= 4 is 29.5 Å². The number of aryl methyl sites for hydroxylation is 1. The van der Waals surface area contributed by atoms with Crippen molar-refractivity contribution in [2.24, 2.45) is 0 Å². The molecule has 1 fully saturated rings. The second-order valence-corrected chi connectivity index (χ2v) is 6.75. The third-order valence-corrected chi connectivity index (χ3v) is 4.67. The number of hydrogen-bond donors (Lipinski definition) is 1. The molecule has 1 heterocycles. The molecule has 0 aromatic heterocycles. The summed E-state index contributed by atoms with van der Waals surface area (Å²) in [5.74, 6) is -1.27. The van der Waals surface area contributed by atoms with Crippen molar-refractivity contribution in [2.45, 2.75) is 18.9 Å². The molecule has 0 aliphatic carbocycles. The number of ether oxygens (including phenoxy) is 1. The van der Waals surface area contributed by atoms with Gasteiger partial charge in [0.25, 0.3) is 5.91 Å². The fourth-order valence-electron chi connectivity index (χ4n) is 2.88. The van der Waals surface area contributed by atoms with E-state index in [9.17, 15) is 18.8 Å². The van der Waals surface area contributed by atoms with Gasteiger partial charge in [-0.2, -0.15) is 0 Å². The van der Waals surface area contributed by atoms with E-state index in [0.29, 0.717) is 12.0 Å². The molecule has 2 aromatic carbocycles. The molecule has 0 radical (unpaired) electrons. The van der Waals surface area contributed by atoms with Gasteiger partial charge in [0.1, 0.15) is 5.82 Å². The van der Waals surface area contributed by atoms with Crippen molar-refractivity contribution in [1.82, 2.24) is 10.2 Å². The summed E-state index contributed by atoms with van der Waals surface area (Å²) in [6.45, 7) is -0.320. The lowest BCUT2D eigenvalue weighted by Gasteiger charge is -2.23. The highest BCUT2D eigenvalue weighted by atomic mass is 35.5. The number of amides is 3. The van der Waals surface area contributed by atoms with Gasteiger partial charge in [-0.25, -0.2) is 14.1 Å². The maximum atomic E-state index is 13.5. The number of hydrogen-bond acceptors (Lipinski definition) is 4. The molecule has 3 rings (SSSR count). The minimum atomic E-state index is -0.725. The van der Waals surface area contributed by atoms with Crippen LogP contribution in [-0.4, -0.2) is 36.0 Å². The van der Waals surface area contributed by atoms with Crippen molar-refractivity contribution in [1.29, 1.82) is 0 Å². The summed E-state index contributed by atoms with van der Waals surface area (Å²) in [5.41, 5.74) is 1.40. The highest BCUT2D eigenvalue weighted by molar-refractivity contribution is 6.30. The number of cyclic esters (lactones) is 1. The Morgan fingerprint density at radius 3 is 2.61 bits per heavy atom. The van der Waals surface area contributed by atoms with Gasteiger partial charge in [0, 0.05) is 6.42 Å². The molecule has 1 aliphatic heterocycles. The Balaban J connectivity index is 1.66. The van der Waals surface area contributed by atoms with Gasteiger partial charge in [-0.1, -0.05) is 48.0 Å². The molecule has 28 heavy (non-hydrogen) atoms. The molecule has 1 N–H and O–H groups in total. The van der Waals surface area contributed by atoms with E-state index in [2.05, 4.69) is 5.32 Å². The van der Waals surface area contributed by atoms with Crippen LogP contribution < -0.4 is 5.32 Å². The normalized spacial score (nSPS) is 14.7. The molecular weight excluding hydrogens is 387 g/mol. The molecule has 1 aliphatic rings. The molecule has 2 aromatic rings. The smallest absolute Gasteiger partial charge is 0.417 e. The minimum Gasteiger partial charge on any atom is -0.439 e. The fraction of sp³-hybridized carbons (Fsp3) is 0.250. The zero-order chi connectivity index (χ0) is 20.1. The number of rotatable bonds is 7. The fourth-order valence-corrected chi connectivity index (χ4v) is 3.00. The summed E-state index contributed by atoms with van der Waals surface area (Å²) in [6, 6.07) is 12.8. The first-order valence-electron chi connectivity index (χ1n) is 8.69. The predicted octanol–water partition coefficient (Wildman–Crippen LogP) is 3.25. The average Bonchev–Trinajstić information content (AvgIpc) is 3.01. The number of halogens is 2. The van der Waals surface area contributed by atoms with E-state index in [1.807, 2.05) is 6.07 Å². The Bertz CT molecular complexity index is 875. The lowest BCUT2D eigenvalue weighted by Crippen LogP contribution is -2.40. The first-order chi connectivity index (χ1) is 13.4. The van der Waals surface area contributed by atoms with Gasteiger partial charge < -0.3 is 10.1 Å². The summed E-state index contributed by atoms with van der Waals surface area (Å²) in [6.07, 6.45) is -0.286. The van der Waals surface area contributed by atoms with Crippen molar-refractivity contribution in [2.75, 3.05) is 13.2 Å². The van der Waals surface area contributed by atoms with Gasteiger partial charge in [-0.05, 0) is 29.7 Å². The Hall–Kier alpha value is -2.93. The molecule has 3 amide bonds. The Labute approximate surface area is 166 Å². The largest absolute Gasteiger partial charge is 0.439 e. The van der Waals surface area contributed by atoms with Gasteiger partial charge >= 0.3 is 6.09 Å². The van der Waals surface area contributed by atoms with E-state index in [1.165, 1.54) is 12.1 Å². The van der Waals surface area contributed by atoms with Crippen molar-refractivity contribution in [3.63, 3.8) is 0 Å². The first kappa shape index (κ1) is 19.8. The van der Waals surface area contributed by atoms with E-state index in [-0.39, 0.29) is 30.5 Å². The third kappa shape index (κ3) is 4.86. The number of carbonyl (C=O) groups excluding carboxylic acids is 3. The molecule has 0 spiro atoms. The van der Waals surface area contributed by atoms with Crippen LogP contribution in [0.4, 0.5) is 9.18 Å². The summed E-state index contributed by atoms with van der Waals surface area (Å²) in [4.78, 5) is 37.0. The van der Waals surface area contributed by atoms with Crippen LogP contribution in [0.2, 0.25) is 5.02 Å². The summed E-state index contributed by atoms with van der Waals surface area (Å²) >= 11 is 5.66. The number of nitrogens with one attached hydrogen (secondary N) is 1. The molecule has 8 heteroatoms. The maximum Gasteiger partial charge on any atom is 0.417 e. The monoisotopic (exact) mass is 404 g/mol. The SMILES string of the molecule is O=C(CCc1ccc(Cl)c(F)c1)NC(CN1C(=O)COC1=O)c1ccccc1. The summed E-state index contributed by atoms with van der Waals surface area (Å²) < 4.78 is 18.2. The average molecular weight is 405 g/mol. The van der Waals surface area contributed by atoms with Gasteiger partial charge in [-0.15, -0.1) is 0 Å². The summed E-state index contributed by atoms with van der Waals surface area (Å²) in [5, 5.41) is 2.86. The zero-order valence-electron chi connectivity index (χ0n) is 14.9. The van der Waals surface area contributed by atoms with Crippen LogP contribution in [0, 0.1) is 5.82 Å². The molecule has 1 atom stereocenters. The second-order valence-electron chi connectivity index (χ2n) is 6.34. The zero-order valence-corrected chi connectivity index (χ0v) is 15.6. The van der Waals surface area contributed by atoms with Crippen LogP contribution >= 0.6 is 11.6 Å². The van der Waals surface area contributed by atoms with Crippen molar-refractivity contribution in [3.8, 4) is 0 Å². The standard InChI is InChI=1S/C20H18ClFN2O4/c21-15-8-6-13(10-16(15)22)7-9-18(25)23-17(14-4-2-1-3-5-14)11-24-19(26)12-28-20(24)27/h1-6,8,10,17H,7,9,11-12H2,(H,23,25). The topological polar surface area (TPSA) is 75.7 Å². The van der Waals surface area contributed by atoms with Crippen molar-refractivity contribution in [3.05, 3.63) is 70.5 Å². The number of nitrogens with zero attached hydrogens (tertiary/aromatic N) is 1. The van der Waals surface area contributed by atoms with Gasteiger partial charge in [0.15, 0.2) is 6.61 Å². The van der Waals surface area contributed by atoms with Crippen LogP contribution in [-0.2, 0) is 20.7 Å². The number of carbonyl (C=O) groups is 3. The van der Waals surface area contributed by atoms with Crippen LogP contribution in [0.25, 0.3) is 0 Å². The lowest BCUT2D eigenvalue weighted by atomic mass is 10.1. The van der Waals surface area contributed by atoms with E-state index in [1.54, 1.807) is 30.3 Å². The predicted molar refractivity (Wildman–Crippen MR) is 100 cm³/mol. The second kappa shape index (κ2) is 8.84. The van der Waals surface area contributed by atoms with E-state index in [0.717, 1.165) is 10.5 Å². The van der Waals surface area contributed by atoms with Gasteiger partial charge in [0.05, 0.1) is 17.6 Å². The molecule has 0 saturated carbocycles. The van der Waals surface area contributed by atoms with Crippen LogP contribution in [0.1, 0.15) is 23.6 Å². The molecule has 146 valence electrons. The maximum absolute atomic E-state index is 13.5. The Kier molecular flexibility index (Phi) is 6.26. The highest BCUT2D eigenvalue weighted by Crippen LogP contribution is 2.19. The molecule has 1 saturated heterocycles. The van der Waals surface area contributed by atoms with E-state index < -0.39 is 23.9 Å². The highest BCUT2D eigenvalue weighted by Gasteiger charge is 2.33. The van der Waals surface area contributed by atoms with Crippen LogP contribution in [0.3, 0.4) is 0 Å². The number of imide groups is 1.